The lowest BCUT2D eigenvalue weighted by Gasteiger charge is -2.21. The fraction of sp³-hybridized carbons (Fsp3) is 0.250. The van der Waals surface area contributed by atoms with Crippen LogP contribution in [-0.2, 0) is 11.3 Å². The van der Waals surface area contributed by atoms with Gasteiger partial charge in [0.25, 0.3) is 0 Å². The molecule has 1 atom stereocenters. The highest BCUT2D eigenvalue weighted by Gasteiger charge is 2.26. The van der Waals surface area contributed by atoms with Crippen molar-refractivity contribution in [2.24, 2.45) is 0 Å². The number of hydrogen-bond acceptors (Lipinski definition) is 5. The van der Waals surface area contributed by atoms with E-state index in [4.69, 9.17) is 18.9 Å². The molecule has 0 saturated carbocycles. The van der Waals surface area contributed by atoms with Crippen molar-refractivity contribution in [2.75, 3.05) is 28.4 Å². The van der Waals surface area contributed by atoms with E-state index in [0.717, 1.165) is 39.1 Å². The third-order valence-corrected chi connectivity index (χ3v) is 6.15. The lowest BCUT2D eigenvalue weighted by atomic mass is 9.87. The van der Waals surface area contributed by atoms with Crippen molar-refractivity contribution in [1.29, 1.82) is 0 Å². The van der Waals surface area contributed by atoms with Crippen molar-refractivity contribution in [3.8, 4) is 23.0 Å². The predicted octanol–water partition coefficient (Wildman–Crippen LogP) is 5.04. The summed E-state index contributed by atoms with van der Waals surface area (Å²) in [6.45, 7) is 0.423. The number of methoxy groups -OCH3 is 4. The minimum absolute atomic E-state index is 0.0760. The van der Waals surface area contributed by atoms with E-state index >= 15 is 0 Å². The Hall–Kier alpha value is -4.13. The molecule has 0 unspecified atom stereocenters. The summed E-state index contributed by atoms with van der Waals surface area (Å²) >= 11 is 0. The van der Waals surface area contributed by atoms with Crippen LogP contribution in [0.4, 0.5) is 0 Å². The Labute approximate surface area is 205 Å². The van der Waals surface area contributed by atoms with Gasteiger partial charge in [-0.1, -0.05) is 24.3 Å². The van der Waals surface area contributed by atoms with Gasteiger partial charge in [-0.2, -0.15) is 0 Å². The third kappa shape index (κ3) is 5.19. The molecule has 182 valence electrons. The standard InChI is InChI=1S/C28H30N2O5/c1-32-19-10-8-18(9-11-19)16-30-27(31)15-22(21-13-12-20(33-2)14-26(21)35-4)23-17-29-24-6-5-7-25(34-3)28(23)24/h5-14,17,22,29H,15-16H2,1-4H3,(H,30,31)/t22-/m0/s1. The molecular formula is C28H30N2O5. The van der Waals surface area contributed by atoms with Gasteiger partial charge in [0.05, 0.1) is 28.4 Å². The number of nitrogens with one attached hydrogen (secondary N) is 2. The zero-order chi connectivity index (χ0) is 24.8. The zero-order valence-corrected chi connectivity index (χ0v) is 20.4. The highest BCUT2D eigenvalue weighted by Crippen LogP contribution is 2.41. The van der Waals surface area contributed by atoms with E-state index in [2.05, 4.69) is 10.3 Å². The maximum Gasteiger partial charge on any atom is 0.221 e. The molecule has 7 nitrogen and oxygen atoms in total. The molecule has 0 aliphatic rings. The van der Waals surface area contributed by atoms with Crippen molar-refractivity contribution < 1.29 is 23.7 Å². The van der Waals surface area contributed by atoms with E-state index in [1.54, 1.807) is 28.4 Å². The minimum atomic E-state index is -0.281. The molecule has 4 rings (SSSR count). The smallest absolute Gasteiger partial charge is 0.221 e. The van der Waals surface area contributed by atoms with Crippen molar-refractivity contribution >= 4 is 16.8 Å². The second-order valence-electron chi connectivity index (χ2n) is 8.12. The van der Waals surface area contributed by atoms with E-state index in [0.29, 0.717) is 18.0 Å². The monoisotopic (exact) mass is 474 g/mol. The molecule has 0 saturated heterocycles. The topological polar surface area (TPSA) is 81.8 Å². The number of aromatic amines is 1. The first-order valence-corrected chi connectivity index (χ1v) is 11.3. The summed E-state index contributed by atoms with van der Waals surface area (Å²) in [4.78, 5) is 16.5. The van der Waals surface area contributed by atoms with E-state index in [-0.39, 0.29) is 18.2 Å². The van der Waals surface area contributed by atoms with Crippen molar-refractivity contribution in [1.82, 2.24) is 10.3 Å². The van der Waals surface area contributed by atoms with Gasteiger partial charge in [0.15, 0.2) is 0 Å². The number of carbonyl (C=O) groups excluding carboxylic acids is 1. The van der Waals surface area contributed by atoms with Crippen molar-refractivity contribution in [3.63, 3.8) is 0 Å². The first-order chi connectivity index (χ1) is 17.1. The molecule has 2 N–H and O–H groups in total. The normalized spacial score (nSPS) is 11.7. The summed E-state index contributed by atoms with van der Waals surface area (Å²) in [6, 6.07) is 19.2. The van der Waals surface area contributed by atoms with Crippen LogP contribution in [0.1, 0.15) is 29.0 Å². The largest absolute Gasteiger partial charge is 0.497 e. The van der Waals surface area contributed by atoms with E-state index in [1.165, 1.54) is 0 Å². The van der Waals surface area contributed by atoms with Gasteiger partial charge in [-0.3, -0.25) is 4.79 Å². The van der Waals surface area contributed by atoms with Crippen LogP contribution in [0.3, 0.4) is 0 Å². The average molecular weight is 475 g/mol. The van der Waals surface area contributed by atoms with E-state index in [9.17, 15) is 4.79 Å². The summed E-state index contributed by atoms with van der Waals surface area (Å²) in [7, 11) is 6.51. The van der Waals surface area contributed by atoms with E-state index in [1.807, 2.05) is 66.9 Å². The van der Waals surface area contributed by atoms with Crippen LogP contribution >= 0.6 is 0 Å². The fourth-order valence-electron chi connectivity index (χ4n) is 4.32. The van der Waals surface area contributed by atoms with Gasteiger partial charge in [0, 0.05) is 47.6 Å². The van der Waals surface area contributed by atoms with Gasteiger partial charge in [-0.05, 0) is 41.5 Å². The molecule has 1 aromatic heterocycles. The molecule has 1 amide bonds. The van der Waals surface area contributed by atoms with E-state index < -0.39 is 0 Å². The van der Waals surface area contributed by atoms with Crippen molar-refractivity contribution in [2.45, 2.75) is 18.9 Å². The average Bonchev–Trinajstić information content (AvgIpc) is 3.34. The zero-order valence-electron chi connectivity index (χ0n) is 20.4. The Balaban J connectivity index is 1.68. The van der Waals surface area contributed by atoms with Crippen LogP contribution in [0.15, 0.2) is 66.9 Å². The molecule has 0 aliphatic heterocycles. The first-order valence-electron chi connectivity index (χ1n) is 11.3. The highest BCUT2D eigenvalue weighted by molar-refractivity contribution is 5.91. The molecular weight excluding hydrogens is 444 g/mol. The number of hydrogen-bond donors (Lipinski definition) is 2. The van der Waals surface area contributed by atoms with Gasteiger partial charge in [-0.25, -0.2) is 0 Å². The number of ether oxygens (including phenoxy) is 4. The molecule has 0 spiro atoms. The van der Waals surface area contributed by atoms with Crippen LogP contribution in [-0.4, -0.2) is 39.3 Å². The van der Waals surface area contributed by atoms with Crippen LogP contribution in [0.25, 0.3) is 10.9 Å². The van der Waals surface area contributed by atoms with Gasteiger partial charge in [0.1, 0.15) is 23.0 Å². The van der Waals surface area contributed by atoms with Gasteiger partial charge >= 0.3 is 0 Å². The summed E-state index contributed by atoms with van der Waals surface area (Å²) in [5.74, 6) is 2.51. The molecule has 0 bridgehead atoms. The number of rotatable bonds is 10. The SMILES string of the molecule is COc1ccc(CNC(=O)C[C@@H](c2ccc(OC)cc2OC)c2c[nH]c3cccc(OC)c23)cc1. The predicted molar refractivity (Wildman–Crippen MR) is 136 cm³/mol. The molecule has 0 fully saturated rings. The lowest BCUT2D eigenvalue weighted by Crippen LogP contribution is -2.25. The Morgan fingerprint density at radius 1 is 0.829 bits per heavy atom. The molecule has 3 aromatic carbocycles. The summed E-state index contributed by atoms with van der Waals surface area (Å²) in [6.07, 6.45) is 2.17. The van der Waals surface area contributed by atoms with Crippen LogP contribution in [0, 0.1) is 0 Å². The number of carbonyl (C=O) groups is 1. The summed E-state index contributed by atoms with van der Waals surface area (Å²) in [5.41, 5.74) is 3.78. The molecule has 7 heteroatoms. The third-order valence-electron chi connectivity index (χ3n) is 6.15. The van der Waals surface area contributed by atoms with Gasteiger partial charge < -0.3 is 29.2 Å². The Morgan fingerprint density at radius 2 is 1.54 bits per heavy atom. The molecule has 0 aliphatic carbocycles. The number of fused-ring (bicyclic) bond motifs is 1. The molecule has 1 heterocycles. The van der Waals surface area contributed by atoms with Gasteiger partial charge in [-0.15, -0.1) is 0 Å². The summed E-state index contributed by atoms with van der Waals surface area (Å²) in [5, 5.41) is 3.99. The summed E-state index contributed by atoms with van der Waals surface area (Å²) < 4.78 is 21.9. The second kappa shape index (κ2) is 10.9. The number of aromatic nitrogens is 1. The minimum Gasteiger partial charge on any atom is -0.497 e. The lowest BCUT2D eigenvalue weighted by molar-refractivity contribution is -0.121. The molecule has 35 heavy (non-hydrogen) atoms. The second-order valence-corrected chi connectivity index (χ2v) is 8.12. The van der Waals surface area contributed by atoms with Gasteiger partial charge in [0.2, 0.25) is 5.91 Å². The number of H-pyrrole nitrogens is 1. The molecule has 4 aromatic rings. The number of amides is 1. The quantitative estimate of drug-likeness (QED) is 0.337. The first kappa shape index (κ1) is 24.0. The highest BCUT2D eigenvalue weighted by atomic mass is 16.5. The van der Waals surface area contributed by atoms with Crippen LogP contribution < -0.4 is 24.3 Å². The Morgan fingerprint density at radius 3 is 2.23 bits per heavy atom. The Kier molecular flexibility index (Phi) is 7.45. The van der Waals surface area contributed by atoms with Crippen LogP contribution in [0.2, 0.25) is 0 Å². The molecule has 0 radical (unpaired) electrons. The maximum absolute atomic E-state index is 13.2. The Bertz CT molecular complexity index is 1300. The van der Waals surface area contributed by atoms with Crippen molar-refractivity contribution in [3.05, 3.63) is 83.6 Å². The fourth-order valence-corrected chi connectivity index (χ4v) is 4.32. The van der Waals surface area contributed by atoms with Crippen LogP contribution in [0.5, 0.6) is 23.0 Å². The maximum atomic E-state index is 13.2. The number of benzene rings is 3.